The van der Waals surface area contributed by atoms with Crippen molar-refractivity contribution in [3.63, 3.8) is 0 Å². The first-order valence-corrected chi connectivity index (χ1v) is 7.65. The number of benzene rings is 1. The third kappa shape index (κ3) is 2.97. The summed E-state index contributed by atoms with van der Waals surface area (Å²) in [6.45, 7) is 0. The van der Waals surface area contributed by atoms with Gasteiger partial charge < -0.3 is 9.57 Å². The Morgan fingerprint density at radius 3 is 2.95 bits per heavy atom. The second kappa shape index (κ2) is 6.10. The monoisotopic (exact) mass is 301 g/mol. The first-order valence-electron chi connectivity index (χ1n) is 6.77. The van der Waals surface area contributed by atoms with Crippen molar-refractivity contribution in [1.82, 2.24) is 0 Å². The number of thiophene rings is 1. The van der Waals surface area contributed by atoms with E-state index in [1.807, 2.05) is 29.6 Å². The predicted molar refractivity (Wildman–Crippen MR) is 82.2 cm³/mol. The van der Waals surface area contributed by atoms with E-state index in [9.17, 15) is 4.79 Å². The molecule has 1 aromatic carbocycles. The Hall–Kier alpha value is -2.14. The van der Waals surface area contributed by atoms with Crippen molar-refractivity contribution in [3.8, 4) is 5.75 Å². The summed E-state index contributed by atoms with van der Waals surface area (Å²) in [4.78, 5) is 17.5. The summed E-state index contributed by atoms with van der Waals surface area (Å²) in [6, 6.07) is 9.48. The van der Waals surface area contributed by atoms with Crippen LogP contribution in [0.4, 0.5) is 0 Å². The van der Waals surface area contributed by atoms with Crippen LogP contribution in [0.25, 0.3) is 0 Å². The molecule has 4 nitrogen and oxygen atoms in total. The van der Waals surface area contributed by atoms with E-state index >= 15 is 0 Å². The molecule has 0 saturated heterocycles. The van der Waals surface area contributed by atoms with Gasteiger partial charge in [0, 0.05) is 5.56 Å². The molecular formula is C16H15NO3S. The van der Waals surface area contributed by atoms with Gasteiger partial charge in [-0.15, -0.1) is 11.3 Å². The van der Waals surface area contributed by atoms with Crippen LogP contribution in [0.5, 0.6) is 5.75 Å². The van der Waals surface area contributed by atoms with Crippen LogP contribution >= 0.6 is 11.3 Å². The number of ether oxygens (including phenoxy) is 1. The number of nitrogens with zero attached hydrogens (tertiary/aromatic N) is 1. The molecule has 1 heterocycles. The third-order valence-electron chi connectivity index (χ3n) is 3.45. The number of rotatable bonds is 3. The molecular weight excluding hydrogens is 286 g/mol. The molecule has 0 fully saturated rings. The van der Waals surface area contributed by atoms with E-state index in [-0.39, 0.29) is 0 Å². The molecule has 0 N–H and O–H groups in total. The predicted octanol–water partition coefficient (Wildman–Crippen LogP) is 3.65. The van der Waals surface area contributed by atoms with Crippen LogP contribution in [0.1, 0.15) is 33.6 Å². The highest BCUT2D eigenvalue weighted by atomic mass is 32.1. The maximum absolute atomic E-state index is 11.8. The van der Waals surface area contributed by atoms with Gasteiger partial charge in [-0.3, -0.25) is 0 Å². The van der Waals surface area contributed by atoms with Crippen LogP contribution in [-0.4, -0.2) is 18.8 Å². The number of aryl methyl sites for hydroxylation is 1. The highest BCUT2D eigenvalue weighted by Crippen LogP contribution is 2.26. The van der Waals surface area contributed by atoms with E-state index in [2.05, 4.69) is 5.16 Å². The van der Waals surface area contributed by atoms with Gasteiger partial charge in [0.1, 0.15) is 10.6 Å². The van der Waals surface area contributed by atoms with Gasteiger partial charge >= 0.3 is 5.97 Å². The topological polar surface area (TPSA) is 47.9 Å². The second-order valence-corrected chi connectivity index (χ2v) is 5.72. The van der Waals surface area contributed by atoms with Gasteiger partial charge in [0.25, 0.3) is 0 Å². The molecule has 2 aromatic rings. The van der Waals surface area contributed by atoms with Gasteiger partial charge in [-0.05, 0) is 48.4 Å². The summed E-state index contributed by atoms with van der Waals surface area (Å²) >= 11 is 1.35. The molecule has 0 aliphatic heterocycles. The summed E-state index contributed by atoms with van der Waals surface area (Å²) in [6.07, 6.45) is 2.82. The fourth-order valence-corrected chi connectivity index (χ4v) is 2.98. The van der Waals surface area contributed by atoms with Crippen molar-refractivity contribution in [2.45, 2.75) is 19.3 Å². The second-order valence-electron chi connectivity index (χ2n) is 4.77. The zero-order chi connectivity index (χ0) is 14.7. The van der Waals surface area contributed by atoms with Gasteiger partial charge in [0.05, 0.1) is 12.8 Å². The molecule has 0 unspecified atom stereocenters. The molecule has 0 bridgehead atoms. The minimum Gasteiger partial charge on any atom is -0.497 e. The Bertz CT molecular complexity index is 677. The van der Waals surface area contributed by atoms with Crippen LogP contribution in [0, 0.1) is 0 Å². The van der Waals surface area contributed by atoms with E-state index in [0.717, 1.165) is 36.3 Å². The number of carbonyl (C=O) groups excluding carboxylic acids is 1. The number of hydrogen-bond donors (Lipinski definition) is 0. The molecule has 0 saturated carbocycles. The molecule has 3 rings (SSSR count). The fourth-order valence-electron chi connectivity index (χ4n) is 2.38. The number of hydrogen-bond acceptors (Lipinski definition) is 5. The van der Waals surface area contributed by atoms with Gasteiger partial charge in [0.2, 0.25) is 0 Å². The third-order valence-corrected chi connectivity index (χ3v) is 4.30. The SMILES string of the molecule is COc1ccc2c(c1)C(=NOC(=O)c1cccs1)CCC2. The lowest BCUT2D eigenvalue weighted by Gasteiger charge is -2.17. The Morgan fingerprint density at radius 1 is 1.29 bits per heavy atom. The first kappa shape index (κ1) is 13.8. The molecule has 0 radical (unpaired) electrons. The van der Waals surface area contributed by atoms with E-state index < -0.39 is 5.97 Å². The number of carbonyl (C=O) groups is 1. The number of methoxy groups -OCH3 is 1. The van der Waals surface area contributed by atoms with Crippen LogP contribution < -0.4 is 4.74 Å². The highest BCUT2D eigenvalue weighted by molar-refractivity contribution is 7.11. The normalized spacial score (nSPS) is 15.6. The molecule has 1 aliphatic rings. The first-order chi connectivity index (χ1) is 10.3. The minimum atomic E-state index is -0.410. The average molecular weight is 301 g/mol. The van der Waals surface area contributed by atoms with Crippen molar-refractivity contribution < 1.29 is 14.4 Å². The van der Waals surface area contributed by atoms with Crippen molar-refractivity contribution in [1.29, 1.82) is 0 Å². The minimum absolute atomic E-state index is 0.410. The largest absolute Gasteiger partial charge is 0.497 e. The van der Waals surface area contributed by atoms with E-state index in [1.165, 1.54) is 16.9 Å². The molecule has 108 valence electrons. The Morgan fingerprint density at radius 2 is 2.19 bits per heavy atom. The molecule has 0 amide bonds. The molecule has 21 heavy (non-hydrogen) atoms. The summed E-state index contributed by atoms with van der Waals surface area (Å²) in [5, 5.41) is 5.91. The van der Waals surface area contributed by atoms with Crippen molar-refractivity contribution in [3.05, 3.63) is 51.7 Å². The Kier molecular flexibility index (Phi) is 4.01. The van der Waals surface area contributed by atoms with Crippen molar-refractivity contribution in [2.75, 3.05) is 7.11 Å². The fraction of sp³-hybridized carbons (Fsp3) is 0.250. The Balaban J connectivity index is 1.84. The zero-order valence-corrected chi connectivity index (χ0v) is 12.5. The lowest BCUT2D eigenvalue weighted by Crippen LogP contribution is -2.13. The van der Waals surface area contributed by atoms with E-state index in [0.29, 0.717) is 4.88 Å². The lowest BCUT2D eigenvalue weighted by molar-refractivity contribution is 0.0521. The quantitative estimate of drug-likeness (QED) is 0.642. The highest BCUT2D eigenvalue weighted by Gasteiger charge is 2.18. The maximum atomic E-state index is 11.8. The van der Waals surface area contributed by atoms with Gasteiger partial charge in [-0.25, -0.2) is 4.79 Å². The van der Waals surface area contributed by atoms with Crippen LogP contribution in [0.15, 0.2) is 40.9 Å². The van der Waals surface area contributed by atoms with Crippen molar-refractivity contribution in [2.24, 2.45) is 5.16 Å². The summed E-state index contributed by atoms with van der Waals surface area (Å²) in [5.74, 6) is 0.375. The van der Waals surface area contributed by atoms with Gasteiger partial charge in [-0.2, -0.15) is 0 Å². The van der Waals surface area contributed by atoms with Crippen LogP contribution in [0.2, 0.25) is 0 Å². The van der Waals surface area contributed by atoms with Gasteiger partial charge in [0.15, 0.2) is 0 Å². The average Bonchev–Trinajstić information content (AvgIpc) is 3.06. The smallest absolute Gasteiger partial charge is 0.375 e. The Labute approximate surface area is 127 Å². The number of oxime groups is 1. The summed E-state index contributed by atoms with van der Waals surface area (Å²) < 4.78 is 5.25. The van der Waals surface area contributed by atoms with E-state index in [4.69, 9.17) is 9.57 Å². The maximum Gasteiger partial charge on any atom is 0.375 e. The standard InChI is InChI=1S/C16H15NO3S/c1-19-12-8-7-11-4-2-5-14(13(11)10-12)17-20-16(18)15-6-3-9-21-15/h3,6-10H,2,4-5H2,1H3. The van der Waals surface area contributed by atoms with Crippen LogP contribution in [-0.2, 0) is 11.3 Å². The van der Waals surface area contributed by atoms with Crippen LogP contribution in [0.3, 0.4) is 0 Å². The molecule has 1 aromatic heterocycles. The molecule has 0 atom stereocenters. The molecule has 1 aliphatic carbocycles. The summed E-state index contributed by atoms with van der Waals surface area (Å²) in [5.41, 5.74) is 3.03. The lowest BCUT2D eigenvalue weighted by atomic mass is 9.90. The molecule has 5 heteroatoms. The molecule has 0 spiro atoms. The van der Waals surface area contributed by atoms with E-state index in [1.54, 1.807) is 13.2 Å². The summed E-state index contributed by atoms with van der Waals surface area (Å²) in [7, 11) is 1.64. The van der Waals surface area contributed by atoms with Crippen molar-refractivity contribution >= 4 is 23.0 Å². The van der Waals surface area contributed by atoms with Gasteiger partial charge in [-0.1, -0.05) is 17.3 Å². The zero-order valence-electron chi connectivity index (χ0n) is 11.7. The number of fused-ring (bicyclic) bond motifs is 1.